The van der Waals surface area contributed by atoms with E-state index in [1.165, 1.54) is 42.1 Å². The van der Waals surface area contributed by atoms with E-state index in [4.69, 9.17) is 15.2 Å². The minimum absolute atomic E-state index is 0.0310. The number of rotatable bonds is 7. The molecule has 7 heteroatoms. The predicted molar refractivity (Wildman–Crippen MR) is 94.2 cm³/mol. The Hall–Kier alpha value is -2.80. The quantitative estimate of drug-likeness (QED) is 0.345. The summed E-state index contributed by atoms with van der Waals surface area (Å²) in [6.45, 7) is 3.82. The third-order valence-corrected chi connectivity index (χ3v) is 4.02. The molecule has 2 aromatic rings. The number of phenols is 1. The molecule has 0 amide bonds. The van der Waals surface area contributed by atoms with Gasteiger partial charge in [-0.05, 0) is 31.5 Å². The molecule has 3 N–H and O–H groups in total. The number of hydrogen-bond acceptors (Lipinski definition) is 6. The predicted octanol–water partition coefficient (Wildman–Crippen LogP) is 2.32. The summed E-state index contributed by atoms with van der Waals surface area (Å²) in [6.07, 6.45) is 2.26. The number of methoxy groups -OCH3 is 1. The van der Waals surface area contributed by atoms with Crippen LogP contribution in [0.2, 0.25) is 0 Å². The Balaban J connectivity index is 2.41. The molecule has 1 unspecified atom stereocenters. The van der Waals surface area contributed by atoms with Gasteiger partial charge in [-0.25, -0.2) is 0 Å². The Morgan fingerprint density at radius 1 is 1.32 bits per heavy atom. The lowest BCUT2D eigenvalue weighted by Gasteiger charge is -2.15. The zero-order chi connectivity index (χ0) is 18.6. The van der Waals surface area contributed by atoms with E-state index < -0.39 is 5.78 Å². The van der Waals surface area contributed by atoms with Gasteiger partial charge in [0.05, 0.1) is 5.56 Å². The molecule has 0 saturated heterocycles. The fourth-order valence-corrected chi connectivity index (χ4v) is 2.36. The Morgan fingerprint density at radius 3 is 2.68 bits per heavy atom. The van der Waals surface area contributed by atoms with E-state index >= 15 is 0 Å². The lowest BCUT2D eigenvalue weighted by atomic mass is 10.0. The molecule has 0 aliphatic rings. The fraction of sp³-hybridized carbons (Fsp3) is 0.333. The highest BCUT2D eigenvalue weighted by Crippen LogP contribution is 2.35. The second-order valence-corrected chi connectivity index (χ2v) is 5.67. The minimum atomic E-state index is -0.431. The Bertz CT molecular complexity index is 829. The summed E-state index contributed by atoms with van der Waals surface area (Å²) in [7, 11) is 1.46. The number of ether oxygens (including phenoxy) is 2. The average molecular weight is 346 g/mol. The van der Waals surface area contributed by atoms with Gasteiger partial charge in [0.15, 0.2) is 18.3 Å². The van der Waals surface area contributed by atoms with Crippen LogP contribution in [-0.4, -0.2) is 29.4 Å². The van der Waals surface area contributed by atoms with Gasteiger partial charge in [0.2, 0.25) is 0 Å². The molecule has 0 aliphatic carbocycles. The van der Waals surface area contributed by atoms with E-state index in [0.717, 1.165) is 6.42 Å². The molecule has 2 rings (SSSR count). The first kappa shape index (κ1) is 18.5. The summed E-state index contributed by atoms with van der Waals surface area (Å²) in [5.74, 6) is -0.570. The third kappa shape index (κ3) is 3.83. The van der Waals surface area contributed by atoms with E-state index in [1.807, 2.05) is 13.8 Å². The first-order chi connectivity index (χ1) is 11.9. The molecule has 1 atom stereocenters. The van der Waals surface area contributed by atoms with Gasteiger partial charge in [0.25, 0.3) is 5.56 Å². The van der Waals surface area contributed by atoms with Crippen LogP contribution in [0.15, 0.2) is 35.3 Å². The van der Waals surface area contributed by atoms with Crippen LogP contribution in [-0.2, 0) is 4.74 Å². The van der Waals surface area contributed by atoms with Gasteiger partial charge in [0, 0.05) is 31.0 Å². The van der Waals surface area contributed by atoms with Gasteiger partial charge in [-0.1, -0.05) is 6.92 Å². The maximum atomic E-state index is 12.7. The average Bonchev–Trinajstić information content (AvgIpc) is 2.62. The number of benzene rings is 1. The van der Waals surface area contributed by atoms with Gasteiger partial charge >= 0.3 is 0 Å². The highest BCUT2D eigenvalue weighted by Gasteiger charge is 2.19. The van der Waals surface area contributed by atoms with Crippen molar-refractivity contribution in [3.63, 3.8) is 0 Å². The first-order valence-electron chi connectivity index (χ1n) is 7.90. The van der Waals surface area contributed by atoms with Gasteiger partial charge in [0.1, 0.15) is 11.4 Å². The summed E-state index contributed by atoms with van der Waals surface area (Å²) < 4.78 is 11.5. The second-order valence-electron chi connectivity index (χ2n) is 5.67. The van der Waals surface area contributed by atoms with Crippen molar-refractivity contribution in [1.82, 2.24) is 4.57 Å². The number of ketones is 1. The van der Waals surface area contributed by atoms with Gasteiger partial charge in [-0.2, -0.15) is 0 Å². The topological polar surface area (TPSA) is 104 Å². The molecule has 134 valence electrons. The molecule has 0 saturated carbocycles. The van der Waals surface area contributed by atoms with Crippen LogP contribution in [0.4, 0.5) is 5.69 Å². The summed E-state index contributed by atoms with van der Waals surface area (Å²) in [4.78, 5) is 24.7. The minimum Gasteiger partial charge on any atom is -0.505 e. The summed E-state index contributed by atoms with van der Waals surface area (Å²) in [5, 5.41) is 10.3. The van der Waals surface area contributed by atoms with Crippen molar-refractivity contribution >= 4 is 11.5 Å². The number of pyridine rings is 1. The van der Waals surface area contributed by atoms with Crippen molar-refractivity contribution in [2.45, 2.75) is 26.3 Å². The largest absolute Gasteiger partial charge is 0.505 e. The number of nitrogen functional groups attached to an aromatic ring is 1. The highest BCUT2D eigenvalue weighted by molar-refractivity contribution is 6.11. The second kappa shape index (κ2) is 7.85. The van der Waals surface area contributed by atoms with Gasteiger partial charge < -0.3 is 24.9 Å². The summed E-state index contributed by atoms with van der Waals surface area (Å²) in [5.41, 5.74) is 5.93. The maximum absolute atomic E-state index is 12.7. The van der Waals surface area contributed by atoms with E-state index in [9.17, 15) is 14.7 Å². The van der Waals surface area contributed by atoms with E-state index in [1.54, 1.807) is 0 Å². The van der Waals surface area contributed by atoms with Crippen LogP contribution in [0.1, 0.15) is 42.2 Å². The van der Waals surface area contributed by atoms with Crippen molar-refractivity contribution in [2.75, 3.05) is 19.6 Å². The van der Waals surface area contributed by atoms with Crippen LogP contribution < -0.4 is 16.0 Å². The zero-order valence-electron chi connectivity index (χ0n) is 14.5. The molecule has 0 fully saturated rings. The SMILES string of the molecule is CCC(C)n1cc(C(=O)c2ccc(OCOC)c(N)c2O)ccc1=O. The van der Waals surface area contributed by atoms with Crippen molar-refractivity contribution in [1.29, 1.82) is 0 Å². The Labute approximate surface area is 145 Å². The fourth-order valence-electron chi connectivity index (χ4n) is 2.36. The molecule has 7 nitrogen and oxygen atoms in total. The molecule has 0 radical (unpaired) electrons. The van der Waals surface area contributed by atoms with Crippen LogP contribution in [0.3, 0.4) is 0 Å². The molecule has 25 heavy (non-hydrogen) atoms. The van der Waals surface area contributed by atoms with Crippen molar-refractivity contribution < 1.29 is 19.4 Å². The van der Waals surface area contributed by atoms with E-state index in [-0.39, 0.29) is 41.1 Å². The number of phenolic OH excluding ortho intramolecular Hbond substituents is 1. The van der Waals surface area contributed by atoms with Crippen molar-refractivity contribution in [3.8, 4) is 11.5 Å². The number of carbonyl (C=O) groups is 1. The van der Waals surface area contributed by atoms with Crippen molar-refractivity contribution in [2.24, 2.45) is 0 Å². The lowest BCUT2D eigenvalue weighted by molar-refractivity contribution is 0.0515. The number of anilines is 1. The molecule has 0 aliphatic heterocycles. The first-order valence-corrected chi connectivity index (χ1v) is 7.90. The Kier molecular flexibility index (Phi) is 5.82. The molecular formula is C18H22N2O5. The van der Waals surface area contributed by atoms with Crippen LogP contribution >= 0.6 is 0 Å². The molecule has 0 bridgehead atoms. The molecule has 1 aromatic heterocycles. The highest BCUT2D eigenvalue weighted by atomic mass is 16.7. The summed E-state index contributed by atoms with van der Waals surface area (Å²) >= 11 is 0. The standard InChI is InChI=1S/C18H22N2O5/c1-4-11(2)20-9-12(5-8-15(20)21)17(22)13-6-7-14(25-10-24-3)16(19)18(13)23/h5-9,11,23H,4,10,19H2,1-3H3. The third-order valence-electron chi connectivity index (χ3n) is 4.02. The van der Waals surface area contributed by atoms with Gasteiger partial charge in [-0.15, -0.1) is 0 Å². The monoisotopic (exact) mass is 346 g/mol. The Morgan fingerprint density at radius 2 is 2.04 bits per heavy atom. The number of nitrogens with zero attached hydrogens (tertiary/aromatic N) is 1. The molecular weight excluding hydrogens is 324 g/mol. The molecule has 1 heterocycles. The van der Waals surface area contributed by atoms with Crippen LogP contribution in [0.5, 0.6) is 11.5 Å². The number of aromatic nitrogens is 1. The maximum Gasteiger partial charge on any atom is 0.250 e. The van der Waals surface area contributed by atoms with Crippen LogP contribution in [0.25, 0.3) is 0 Å². The number of hydrogen-bond donors (Lipinski definition) is 2. The lowest BCUT2D eigenvalue weighted by Crippen LogP contribution is -2.23. The number of aromatic hydroxyl groups is 1. The summed E-state index contributed by atoms with van der Waals surface area (Å²) in [6, 6.07) is 5.66. The zero-order valence-corrected chi connectivity index (χ0v) is 14.5. The number of carbonyl (C=O) groups excluding carboxylic acids is 1. The van der Waals surface area contributed by atoms with Crippen LogP contribution in [0, 0.1) is 0 Å². The van der Waals surface area contributed by atoms with Gasteiger partial charge in [-0.3, -0.25) is 9.59 Å². The number of nitrogens with two attached hydrogens (primary N) is 1. The van der Waals surface area contributed by atoms with Crippen molar-refractivity contribution in [3.05, 3.63) is 51.9 Å². The molecule has 0 spiro atoms. The van der Waals surface area contributed by atoms with E-state index in [0.29, 0.717) is 5.56 Å². The normalized spacial score (nSPS) is 12.0. The molecule has 1 aromatic carbocycles. The smallest absolute Gasteiger partial charge is 0.250 e. The van der Waals surface area contributed by atoms with E-state index in [2.05, 4.69) is 0 Å².